The second kappa shape index (κ2) is 9.25. The highest BCUT2D eigenvalue weighted by Gasteiger charge is 2.15. The van der Waals surface area contributed by atoms with Gasteiger partial charge in [-0.25, -0.2) is 0 Å². The van der Waals surface area contributed by atoms with Gasteiger partial charge in [-0.1, -0.05) is 98.8 Å². The van der Waals surface area contributed by atoms with Gasteiger partial charge in [-0.3, -0.25) is 0 Å². The molecular weight excluding hydrogens is 423 g/mol. The van der Waals surface area contributed by atoms with Crippen LogP contribution in [0.5, 0.6) is 11.5 Å². The molecule has 0 fully saturated rings. The second-order valence-electron chi connectivity index (χ2n) is 8.67. The van der Waals surface area contributed by atoms with Crippen molar-refractivity contribution in [3.8, 4) is 22.6 Å². The van der Waals surface area contributed by atoms with Crippen LogP contribution < -0.4 is 9.05 Å². The van der Waals surface area contributed by atoms with Crippen LogP contribution in [0.15, 0.2) is 97.1 Å². The number of rotatable bonds is 6. The van der Waals surface area contributed by atoms with E-state index in [0.29, 0.717) is 5.92 Å². The van der Waals surface area contributed by atoms with Crippen molar-refractivity contribution in [3.63, 3.8) is 0 Å². The van der Waals surface area contributed by atoms with E-state index in [1.165, 1.54) is 38.2 Å². The van der Waals surface area contributed by atoms with Gasteiger partial charge in [0.05, 0.1) is 0 Å². The fourth-order valence-electron chi connectivity index (χ4n) is 4.38. The highest BCUT2D eigenvalue weighted by atomic mass is 31.1. The lowest BCUT2D eigenvalue weighted by atomic mass is 9.93. The lowest BCUT2D eigenvalue weighted by molar-refractivity contribution is 0.510. The Morgan fingerprint density at radius 2 is 1.30 bits per heavy atom. The first-order valence-electron chi connectivity index (χ1n) is 11.3. The largest absolute Gasteiger partial charge is 0.440 e. The Balaban J connectivity index is 1.56. The molecule has 0 amide bonds. The minimum atomic E-state index is -0.138. The van der Waals surface area contributed by atoms with Crippen LogP contribution in [0.3, 0.4) is 0 Å². The van der Waals surface area contributed by atoms with Crippen molar-refractivity contribution in [2.75, 3.05) is 0 Å². The predicted octanol–water partition coefficient (Wildman–Crippen LogP) is 9.06. The zero-order chi connectivity index (χ0) is 22.8. The molecule has 0 N–H and O–H groups in total. The molecule has 164 valence electrons. The topological polar surface area (TPSA) is 18.5 Å². The molecule has 0 aliphatic carbocycles. The Labute approximate surface area is 197 Å². The third-order valence-corrected chi connectivity index (χ3v) is 6.65. The van der Waals surface area contributed by atoms with Crippen molar-refractivity contribution in [3.05, 3.63) is 108 Å². The van der Waals surface area contributed by atoms with Crippen LogP contribution in [0.2, 0.25) is 0 Å². The van der Waals surface area contributed by atoms with Crippen LogP contribution in [-0.2, 0) is 0 Å². The normalized spacial score (nSPS) is 11.6. The highest BCUT2D eigenvalue weighted by Crippen LogP contribution is 2.43. The Morgan fingerprint density at radius 3 is 2.09 bits per heavy atom. The Kier molecular flexibility index (Phi) is 6.03. The van der Waals surface area contributed by atoms with Gasteiger partial charge >= 0.3 is 0 Å². The molecule has 33 heavy (non-hydrogen) atoms. The van der Waals surface area contributed by atoms with Gasteiger partial charge in [0.25, 0.3) is 9.03 Å². The van der Waals surface area contributed by atoms with Gasteiger partial charge in [-0.15, -0.1) is 0 Å². The van der Waals surface area contributed by atoms with E-state index in [2.05, 4.69) is 118 Å². The average Bonchev–Trinajstić information content (AvgIpc) is 2.83. The maximum Gasteiger partial charge on any atom is 0.275 e. The summed E-state index contributed by atoms with van der Waals surface area (Å²) >= 11 is 0. The number of fused-ring (bicyclic) bond motifs is 2. The van der Waals surface area contributed by atoms with Crippen molar-refractivity contribution < 1.29 is 9.05 Å². The van der Waals surface area contributed by atoms with Gasteiger partial charge < -0.3 is 9.05 Å². The number of hydrogen-bond acceptors (Lipinski definition) is 2. The van der Waals surface area contributed by atoms with Crippen molar-refractivity contribution in [1.82, 2.24) is 0 Å². The first kappa shape index (κ1) is 21.5. The summed E-state index contributed by atoms with van der Waals surface area (Å²) < 4.78 is 12.5. The van der Waals surface area contributed by atoms with Gasteiger partial charge in [0.15, 0.2) is 0 Å². The van der Waals surface area contributed by atoms with E-state index in [0.717, 1.165) is 17.1 Å². The zero-order valence-electron chi connectivity index (χ0n) is 19.1. The van der Waals surface area contributed by atoms with E-state index in [4.69, 9.17) is 9.05 Å². The molecule has 1 atom stereocenters. The van der Waals surface area contributed by atoms with Crippen LogP contribution in [0.25, 0.3) is 32.7 Å². The first-order valence-corrected chi connectivity index (χ1v) is 12.1. The third-order valence-electron chi connectivity index (χ3n) is 6.04. The second-order valence-corrected chi connectivity index (χ2v) is 9.24. The summed E-state index contributed by atoms with van der Waals surface area (Å²) in [4.78, 5) is 0. The summed E-state index contributed by atoms with van der Waals surface area (Å²) in [7, 11) is -0.138. The molecule has 5 aromatic rings. The zero-order valence-corrected chi connectivity index (χ0v) is 20.1. The lowest BCUT2D eigenvalue weighted by Gasteiger charge is -2.17. The summed E-state index contributed by atoms with van der Waals surface area (Å²) in [6.07, 6.45) is 0. The molecule has 0 heterocycles. The standard InChI is InChI=1S/C30H27O2P/c1-20(2)24-17-15-21(3)19-29(24)32-33-31-28-18-16-23-10-5-7-13-26(23)30(28)27-14-8-11-22-9-4-6-12-25(22)27/h4-20,33H,1-3H3. The predicted molar refractivity (Wildman–Crippen MR) is 142 cm³/mol. The summed E-state index contributed by atoms with van der Waals surface area (Å²) in [6.45, 7) is 6.45. The minimum absolute atomic E-state index is 0.138. The van der Waals surface area contributed by atoms with Crippen molar-refractivity contribution in [1.29, 1.82) is 0 Å². The molecule has 0 aliphatic rings. The summed E-state index contributed by atoms with van der Waals surface area (Å²) in [5.41, 5.74) is 4.66. The lowest BCUT2D eigenvalue weighted by Crippen LogP contribution is -1.95. The van der Waals surface area contributed by atoms with E-state index in [-0.39, 0.29) is 9.03 Å². The van der Waals surface area contributed by atoms with E-state index < -0.39 is 0 Å². The average molecular weight is 451 g/mol. The molecule has 0 aliphatic heterocycles. The quantitative estimate of drug-likeness (QED) is 0.240. The van der Waals surface area contributed by atoms with Crippen LogP contribution in [0.1, 0.15) is 30.9 Å². The maximum atomic E-state index is 6.33. The molecule has 3 heteroatoms. The van der Waals surface area contributed by atoms with Crippen LogP contribution >= 0.6 is 9.03 Å². The molecule has 5 rings (SSSR count). The third kappa shape index (κ3) is 4.32. The van der Waals surface area contributed by atoms with E-state index in [1.54, 1.807) is 0 Å². The van der Waals surface area contributed by atoms with E-state index >= 15 is 0 Å². The van der Waals surface area contributed by atoms with Gasteiger partial charge in [0, 0.05) is 5.56 Å². The van der Waals surface area contributed by atoms with Crippen molar-refractivity contribution >= 4 is 30.6 Å². The molecular formula is C30H27O2P. The molecule has 5 aromatic carbocycles. The van der Waals surface area contributed by atoms with Gasteiger partial charge in [0.2, 0.25) is 0 Å². The summed E-state index contributed by atoms with van der Waals surface area (Å²) in [5.74, 6) is 2.12. The number of aryl methyl sites for hydroxylation is 1. The molecule has 0 bridgehead atoms. The van der Waals surface area contributed by atoms with Crippen LogP contribution in [0.4, 0.5) is 0 Å². The molecule has 1 unspecified atom stereocenters. The fourth-order valence-corrected chi connectivity index (χ4v) is 4.94. The Bertz CT molecular complexity index is 1430. The Morgan fingerprint density at radius 1 is 0.636 bits per heavy atom. The molecule has 0 radical (unpaired) electrons. The smallest absolute Gasteiger partial charge is 0.275 e. The van der Waals surface area contributed by atoms with Crippen molar-refractivity contribution in [2.24, 2.45) is 0 Å². The van der Waals surface area contributed by atoms with Crippen LogP contribution in [-0.4, -0.2) is 0 Å². The molecule has 0 spiro atoms. The van der Waals surface area contributed by atoms with Crippen LogP contribution in [0, 0.1) is 6.92 Å². The molecule has 0 saturated heterocycles. The monoisotopic (exact) mass is 450 g/mol. The SMILES string of the molecule is Cc1ccc(C(C)C)c(OPOc2ccc3ccccc3c2-c2cccc3ccccc23)c1. The van der Waals surface area contributed by atoms with Crippen molar-refractivity contribution in [2.45, 2.75) is 26.7 Å². The number of benzene rings is 5. The molecule has 0 aromatic heterocycles. The molecule has 2 nitrogen and oxygen atoms in total. The summed E-state index contributed by atoms with van der Waals surface area (Å²) in [6, 6.07) is 34.0. The van der Waals surface area contributed by atoms with Gasteiger partial charge in [-0.2, -0.15) is 0 Å². The highest BCUT2D eigenvalue weighted by molar-refractivity contribution is 7.27. The molecule has 0 saturated carbocycles. The summed E-state index contributed by atoms with van der Waals surface area (Å²) in [5, 5.41) is 4.80. The van der Waals surface area contributed by atoms with Gasteiger partial charge in [0.1, 0.15) is 11.5 Å². The number of hydrogen-bond donors (Lipinski definition) is 0. The fraction of sp³-hybridized carbons (Fsp3) is 0.133. The minimum Gasteiger partial charge on any atom is -0.440 e. The maximum absolute atomic E-state index is 6.33. The van der Waals surface area contributed by atoms with E-state index in [1.807, 2.05) is 0 Å². The van der Waals surface area contributed by atoms with E-state index in [9.17, 15) is 0 Å². The van der Waals surface area contributed by atoms with Gasteiger partial charge in [-0.05, 0) is 63.2 Å². The Hall–Kier alpha value is -3.35. The first-order chi connectivity index (χ1) is 16.1.